The third kappa shape index (κ3) is 2.28. The van der Waals surface area contributed by atoms with Crippen molar-refractivity contribution in [3.8, 4) is 11.5 Å². The van der Waals surface area contributed by atoms with Gasteiger partial charge in [0.1, 0.15) is 11.5 Å². The van der Waals surface area contributed by atoms with Crippen LogP contribution in [-0.2, 0) is 6.42 Å². The molecule has 0 radical (unpaired) electrons. The maximum Gasteiger partial charge on any atom is 0.130 e. The highest BCUT2D eigenvalue weighted by Gasteiger charge is 2.17. The zero-order chi connectivity index (χ0) is 12.1. The maximum atomic E-state index is 9.09. The molecule has 0 aromatic heterocycles. The minimum absolute atomic E-state index is 0.105. The summed E-state index contributed by atoms with van der Waals surface area (Å²) in [5.74, 6) is 1.50. The van der Waals surface area contributed by atoms with E-state index in [-0.39, 0.29) is 6.61 Å². The van der Waals surface area contributed by atoms with Crippen LogP contribution in [0, 0.1) is 0 Å². The van der Waals surface area contributed by atoms with Gasteiger partial charge in [0.25, 0.3) is 0 Å². The molecule has 90 valence electrons. The lowest BCUT2D eigenvalue weighted by atomic mass is 10.0. The second-order valence-corrected chi connectivity index (χ2v) is 3.51. The number of hydrogen-bond donors (Lipinski definition) is 2. The van der Waals surface area contributed by atoms with Gasteiger partial charge in [-0.2, -0.15) is 0 Å². The predicted octanol–water partition coefficient (Wildman–Crippen LogP) is 1.26. The van der Waals surface area contributed by atoms with Gasteiger partial charge < -0.3 is 20.3 Å². The molecule has 3 N–H and O–H groups in total. The Morgan fingerprint density at radius 1 is 1.31 bits per heavy atom. The zero-order valence-corrected chi connectivity index (χ0v) is 9.99. The van der Waals surface area contributed by atoms with Crippen molar-refractivity contribution in [2.24, 2.45) is 5.73 Å². The SMILES string of the molecule is CCc1c(OC)ccc(C(N)CO)c1OC. The molecule has 0 spiro atoms. The van der Waals surface area contributed by atoms with E-state index in [9.17, 15) is 0 Å². The summed E-state index contributed by atoms with van der Waals surface area (Å²) in [6.07, 6.45) is 0.790. The highest BCUT2D eigenvalue weighted by Crippen LogP contribution is 2.35. The van der Waals surface area contributed by atoms with Crippen molar-refractivity contribution in [2.75, 3.05) is 20.8 Å². The van der Waals surface area contributed by atoms with E-state index >= 15 is 0 Å². The maximum absolute atomic E-state index is 9.09. The van der Waals surface area contributed by atoms with Crippen molar-refractivity contribution in [3.63, 3.8) is 0 Å². The Labute approximate surface area is 96.0 Å². The first-order chi connectivity index (χ1) is 7.69. The van der Waals surface area contributed by atoms with Crippen LogP contribution in [0.25, 0.3) is 0 Å². The van der Waals surface area contributed by atoms with Crippen LogP contribution in [-0.4, -0.2) is 25.9 Å². The molecule has 0 aliphatic heterocycles. The molecular weight excluding hydrogens is 206 g/mol. The Morgan fingerprint density at radius 3 is 2.44 bits per heavy atom. The van der Waals surface area contributed by atoms with Gasteiger partial charge in [0.2, 0.25) is 0 Å². The molecule has 0 aliphatic carbocycles. The van der Waals surface area contributed by atoms with Gasteiger partial charge in [0.05, 0.1) is 26.9 Å². The molecule has 0 saturated carbocycles. The van der Waals surface area contributed by atoms with Crippen LogP contribution in [0.4, 0.5) is 0 Å². The summed E-state index contributed by atoms with van der Waals surface area (Å²) in [6.45, 7) is 1.92. The lowest BCUT2D eigenvalue weighted by Gasteiger charge is -2.18. The molecular formula is C12H19NO3. The van der Waals surface area contributed by atoms with Gasteiger partial charge in [-0.25, -0.2) is 0 Å². The molecule has 4 nitrogen and oxygen atoms in total. The Morgan fingerprint density at radius 2 is 2.00 bits per heavy atom. The normalized spacial score (nSPS) is 12.3. The van der Waals surface area contributed by atoms with Crippen molar-refractivity contribution < 1.29 is 14.6 Å². The quantitative estimate of drug-likeness (QED) is 0.791. The van der Waals surface area contributed by atoms with Crippen LogP contribution in [0.3, 0.4) is 0 Å². The second-order valence-electron chi connectivity index (χ2n) is 3.51. The number of aliphatic hydroxyl groups excluding tert-OH is 1. The summed E-state index contributed by atoms with van der Waals surface area (Å²) in [6, 6.07) is 3.26. The van der Waals surface area contributed by atoms with Gasteiger partial charge in [0, 0.05) is 11.1 Å². The molecule has 1 rings (SSSR count). The van der Waals surface area contributed by atoms with Crippen molar-refractivity contribution in [3.05, 3.63) is 23.3 Å². The Balaban J connectivity index is 3.31. The molecule has 16 heavy (non-hydrogen) atoms. The summed E-state index contributed by atoms with van der Waals surface area (Å²) in [5.41, 5.74) is 7.60. The van der Waals surface area contributed by atoms with Gasteiger partial charge in [-0.3, -0.25) is 0 Å². The first kappa shape index (κ1) is 12.8. The highest BCUT2D eigenvalue weighted by molar-refractivity contribution is 5.51. The third-order valence-electron chi connectivity index (χ3n) is 2.62. The lowest BCUT2D eigenvalue weighted by Crippen LogP contribution is -2.16. The van der Waals surface area contributed by atoms with E-state index in [0.717, 1.165) is 23.3 Å². The van der Waals surface area contributed by atoms with Crippen LogP contribution in [0.5, 0.6) is 11.5 Å². The van der Waals surface area contributed by atoms with Gasteiger partial charge in [-0.1, -0.05) is 6.92 Å². The van der Waals surface area contributed by atoms with E-state index in [1.54, 1.807) is 14.2 Å². The smallest absolute Gasteiger partial charge is 0.130 e. The number of aliphatic hydroxyl groups is 1. The van der Waals surface area contributed by atoms with Crippen molar-refractivity contribution in [1.29, 1.82) is 0 Å². The molecule has 4 heteroatoms. The highest BCUT2D eigenvalue weighted by atomic mass is 16.5. The molecule has 0 aliphatic rings. The van der Waals surface area contributed by atoms with Gasteiger partial charge >= 0.3 is 0 Å². The predicted molar refractivity (Wildman–Crippen MR) is 62.9 cm³/mol. The molecule has 0 saturated heterocycles. The molecule has 1 unspecified atom stereocenters. The summed E-state index contributed by atoms with van der Waals surface area (Å²) in [4.78, 5) is 0. The van der Waals surface area contributed by atoms with Crippen LogP contribution < -0.4 is 15.2 Å². The minimum Gasteiger partial charge on any atom is -0.496 e. The van der Waals surface area contributed by atoms with Gasteiger partial charge in [-0.05, 0) is 18.6 Å². The van der Waals surface area contributed by atoms with E-state index in [0.29, 0.717) is 5.75 Å². The first-order valence-corrected chi connectivity index (χ1v) is 5.29. The summed E-state index contributed by atoms with van der Waals surface area (Å²) in [7, 11) is 3.22. The standard InChI is InChI=1S/C12H19NO3/c1-4-8-11(15-2)6-5-9(10(13)7-14)12(8)16-3/h5-6,10,14H,4,7,13H2,1-3H3. The van der Waals surface area contributed by atoms with E-state index < -0.39 is 6.04 Å². The minimum atomic E-state index is -0.425. The molecule has 1 atom stereocenters. The Kier molecular flexibility index (Phi) is 4.58. The molecule has 0 amide bonds. The summed E-state index contributed by atoms with van der Waals surface area (Å²) < 4.78 is 10.6. The van der Waals surface area contributed by atoms with E-state index in [4.69, 9.17) is 20.3 Å². The van der Waals surface area contributed by atoms with Crippen molar-refractivity contribution >= 4 is 0 Å². The fraction of sp³-hybridized carbons (Fsp3) is 0.500. The molecule has 1 aromatic carbocycles. The topological polar surface area (TPSA) is 64.7 Å². The second kappa shape index (κ2) is 5.72. The third-order valence-corrected chi connectivity index (χ3v) is 2.62. The van der Waals surface area contributed by atoms with Gasteiger partial charge in [0.15, 0.2) is 0 Å². The number of methoxy groups -OCH3 is 2. The summed E-state index contributed by atoms with van der Waals surface area (Å²) in [5, 5.41) is 9.09. The Bertz CT molecular complexity index is 352. The fourth-order valence-electron chi connectivity index (χ4n) is 1.79. The molecule has 0 fully saturated rings. The monoisotopic (exact) mass is 225 g/mol. The molecule has 1 aromatic rings. The first-order valence-electron chi connectivity index (χ1n) is 5.29. The van der Waals surface area contributed by atoms with Crippen LogP contribution >= 0.6 is 0 Å². The Hall–Kier alpha value is -1.26. The lowest BCUT2D eigenvalue weighted by molar-refractivity contribution is 0.264. The van der Waals surface area contributed by atoms with Crippen LogP contribution in [0.2, 0.25) is 0 Å². The average Bonchev–Trinajstić information content (AvgIpc) is 2.35. The average molecular weight is 225 g/mol. The van der Waals surface area contributed by atoms with E-state index in [1.165, 1.54) is 0 Å². The van der Waals surface area contributed by atoms with Crippen molar-refractivity contribution in [1.82, 2.24) is 0 Å². The number of benzene rings is 1. The number of ether oxygens (including phenoxy) is 2. The zero-order valence-electron chi connectivity index (χ0n) is 9.99. The van der Waals surface area contributed by atoms with Crippen molar-refractivity contribution in [2.45, 2.75) is 19.4 Å². The number of rotatable bonds is 5. The van der Waals surface area contributed by atoms with Crippen LogP contribution in [0.15, 0.2) is 12.1 Å². The largest absolute Gasteiger partial charge is 0.496 e. The fourth-order valence-corrected chi connectivity index (χ4v) is 1.79. The molecule has 0 heterocycles. The van der Waals surface area contributed by atoms with Crippen LogP contribution in [0.1, 0.15) is 24.1 Å². The molecule has 0 bridgehead atoms. The van der Waals surface area contributed by atoms with E-state index in [1.807, 2.05) is 19.1 Å². The number of nitrogens with two attached hydrogens (primary N) is 1. The van der Waals surface area contributed by atoms with Gasteiger partial charge in [-0.15, -0.1) is 0 Å². The summed E-state index contributed by atoms with van der Waals surface area (Å²) >= 11 is 0. The van der Waals surface area contributed by atoms with E-state index in [2.05, 4.69) is 0 Å². The number of hydrogen-bond acceptors (Lipinski definition) is 4.